The lowest BCUT2D eigenvalue weighted by Crippen LogP contribution is -2.69. The number of ether oxygens (including phenoxy) is 2. The van der Waals surface area contributed by atoms with Crippen molar-refractivity contribution in [3.63, 3.8) is 0 Å². The van der Waals surface area contributed by atoms with Gasteiger partial charge in [-0.2, -0.15) is 0 Å². The molecule has 4 saturated carbocycles. The average molecular weight is 294 g/mol. The smallest absolute Gasteiger partial charge is 0.0972 e. The van der Waals surface area contributed by atoms with Crippen molar-refractivity contribution in [2.75, 3.05) is 33.9 Å². The number of rotatable bonds is 4. The molecule has 2 atom stereocenters. The van der Waals surface area contributed by atoms with E-state index < -0.39 is 0 Å². The Balaban J connectivity index is 1.62. The molecule has 1 heterocycles. The summed E-state index contributed by atoms with van der Waals surface area (Å²) in [6.45, 7) is 2.80. The van der Waals surface area contributed by atoms with Crippen molar-refractivity contribution >= 4 is 0 Å². The monoisotopic (exact) mass is 294 g/mol. The third kappa shape index (κ3) is 1.95. The van der Waals surface area contributed by atoms with Crippen LogP contribution in [0.4, 0.5) is 0 Å². The second kappa shape index (κ2) is 5.19. The minimum Gasteiger partial charge on any atom is -0.377 e. The highest BCUT2D eigenvalue weighted by Crippen LogP contribution is 2.60. The van der Waals surface area contributed by atoms with E-state index in [1.54, 1.807) is 0 Å². The van der Waals surface area contributed by atoms with Gasteiger partial charge in [0.25, 0.3) is 0 Å². The maximum atomic E-state index is 6.42. The molecule has 5 rings (SSSR count). The molecule has 4 bridgehead atoms. The molecule has 4 aliphatic carbocycles. The van der Waals surface area contributed by atoms with Gasteiger partial charge in [-0.1, -0.05) is 0 Å². The highest BCUT2D eigenvalue weighted by molar-refractivity contribution is 5.14. The number of likely N-dealkylation sites (tertiary alicyclic amines) is 1. The summed E-state index contributed by atoms with van der Waals surface area (Å²) in [6.07, 6.45) is 7.55. The molecule has 120 valence electrons. The van der Waals surface area contributed by atoms with Crippen molar-refractivity contribution in [2.24, 2.45) is 29.4 Å². The Morgan fingerprint density at radius 3 is 1.76 bits per heavy atom. The van der Waals surface area contributed by atoms with Gasteiger partial charge < -0.3 is 15.2 Å². The third-order valence-corrected chi connectivity index (χ3v) is 7.29. The molecule has 0 aromatic rings. The predicted molar refractivity (Wildman–Crippen MR) is 82.0 cm³/mol. The van der Waals surface area contributed by atoms with Crippen molar-refractivity contribution in [1.29, 1.82) is 0 Å². The van der Waals surface area contributed by atoms with Crippen LogP contribution in [0.25, 0.3) is 0 Å². The molecular weight excluding hydrogens is 264 g/mol. The van der Waals surface area contributed by atoms with Crippen LogP contribution in [-0.2, 0) is 9.47 Å². The third-order valence-electron chi connectivity index (χ3n) is 7.29. The molecular formula is C17H30N2O2. The molecule has 4 nitrogen and oxygen atoms in total. The first-order chi connectivity index (χ1) is 10.2. The van der Waals surface area contributed by atoms with Crippen molar-refractivity contribution in [1.82, 2.24) is 4.90 Å². The molecule has 21 heavy (non-hydrogen) atoms. The van der Waals surface area contributed by atoms with Gasteiger partial charge in [0.2, 0.25) is 0 Å². The van der Waals surface area contributed by atoms with Crippen LogP contribution >= 0.6 is 0 Å². The first-order valence-electron chi connectivity index (χ1n) is 8.72. The standard InChI is InChI=1S/C17H30N2O2/c1-20-15-8-19(9-16(15)21-2)17(10-18)13-4-11-3-12(6-13)7-14(17)5-11/h11-16H,3-10,18H2,1-2H3. The van der Waals surface area contributed by atoms with Crippen molar-refractivity contribution in [3.8, 4) is 0 Å². The zero-order chi connectivity index (χ0) is 14.6. The average Bonchev–Trinajstić information content (AvgIpc) is 2.91. The Labute approximate surface area is 128 Å². The number of nitrogens with zero attached hydrogens (tertiary/aromatic N) is 1. The van der Waals surface area contributed by atoms with Crippen LogP contribution < -0.4 is 5.73 Å². The minimum atomic E-state index is 0.204. The molecule has 1 saturated heterocycles. The van der Waals surface area contributed by atoms with E-state index in [4.69, 9.17) is 15.2 Å². The number of hydrogen-bond acceptors (Lipinski definition) is 4. The van der Waals surface area contributed by atoms with E-state index >= 15 is 0 Å². The van der Waals surface area contributed by atoms with Crippen LogP contribution in [0, 0.1) is 23.7 Å². The molecule has 0 aromatic heterocycles. The van der Waals surface area contributed by atoms with Gasteiger partial charge in [0.1, 0.15) is 0 Å². The maximum Gasteiger partial charge on any atom is 0.0972 e. The summed E-state index contributed by atoms with van der Waals surface area (Å²) in [5.74, 6) is 3.61. The first kappa shape index (κ1) is 14.4. The van der Waals surface area contributed by atoms with E-state index in [0.29, 0.717) is 0 Å². The first-order valence-corrected chi connectivity index (χ1v) is 8.72. The number of nitrogens with two attached hydrogens (primary N) is 1. The van der Waals surface area contributed by atoms with E-state index in [1.807, 2.05) is 14.2 Å². The summed E-state index contributed by atoms with van der Waals surface area (Å²) in [7, 11) is 3.62. The lowest BCUT2D eigenvalue weighted by molar-refractivity contribution is -0.128. The Kier molecular flexibility index (Phi) is 3.57. The van der Waals surface area contributed by atoms with Gasteiger partial charge in [-0.15, -0.1) is 0 Å². The Bertz CT molecular complexity index is 360. The molecule has 4 heteroatoms. The summed E-state index contributed by atoms with van der Waals surface area (Å²) in [4.78, 5) is 2.67. The zero-order valence-electron chi connectivity index (χ0n) is 13.5. The van der Waals surface area contributed by atoms with Gasteiger partial charge in [-0.25, -0.2) is 0 Å². The van der Waals surface area contributed by atoms with E-state index in [-0.39, 0.29) is 17.7 Å². The Morgan fingerprint density at radius 1 is 0.905 bits per heavy atom. The molecule has 2 N–H and O–H groups in total. The number of methoxy groups -OCH3 is 2. The summed E-state index contributed by atoms with van der Waals surface area (Å²) < 4.78 is 11.3. The SMILES string of the molecule is COC1CN(C2(CN)C3CC4CC(C3)CC2C4)CC1OC. The van der Waals surface area contributed by atoms with Gasteiger partial charge in [-0.05, 0) is 55.8 Å². The van der Waals surface area contributed by atoms with Crippen LogP contribution in [0.15, 0.2) is 0 Å². The van der Waals surface area contributed by atoms with E-state index in [9.17, 15) is 0 Å². The Hall–Kier alpha value is -0.160. The van der Waals surface area contributed by atoms with E-state index in [1.165, 1.54) is 32.1 Å². The molecule has 0 spiro atoms. The highest BCUT2D eigenvalue weighted by Gasteiger charge is 2.60. The molecule has 2 unspecified atom stereocenters. The zero-order valence-corrected chi connectivity index (χ0v) is 13.5. The molecule has 5 aliphatic rings. The molecule has 5 fully saturated rings. The van der Waals surface area contributed by atoms with Crippen LogP contribution in [0.5, 0.6) is 0 Å². The van der Waals surface area contributed by atoms with Crippen LogP contribution in [0.1, 0.15) is 32.1 Å². The Morgan fingerprint density at radius 2 is 1.38 bits per heavy atom. The van der Waals surface area contributed by atoms with Gasteiger partial charge in [-0.3, -0.25) is 4.90 Å². The van der Waals surface area contributed by atoms with Crippen LogP contribution in [-0.4, -0.2) is 56.5 Å². The second-order valence-electron chi connectivity index (χ2n) is 7.95. The van der Waals surface area contributed by atoms with Gasteiger partial charge in [0, 0.05) is 39.4 Å². The molecule has 0 amide bonds. The van der Waals surface area contributed by atoms with Crippen molar-refractivity contribution < 1.29 is 9.47 Å². The fourth-order valence-corrected chi connectivity index (χ4v) is 6.52. The molecule has 0 aromatic carbocycles. The van der Waals surface area contributed by atoms with Crippen molar-refractivity contribution in [3.05, 3.63) is 0 Å². The number of hydrogen-bond donors (Lipinski definition) is 1. The summed E-state index contributed by atoms with van der Waals surface area (Å²) in [5, 5.41) is 0. The maximum absolute atomic E-state index is 6.42. The lowest BCUT2D eigenvalue weighted by Gasteiger charge is -2.64. The quantitative estimate of drug-likeness (QED) is 0.853. The largest absolute Gasteiger partial charge is 0.377 e. The summed E-state index contributed by atoms with van der Waals surface area (Å²) in [5.41, 5.74) is 6.65. The normalized spacial score (nSPS) is 52.7. The van der Waals surface area contributed by atoms with Crippen molar-refractivity contribution in [2.45, 2.75) is 49.9 Å². The van der Waals surface area contributed by atoms with E-state index in [0.717, 1.165) is 43.3 Å². The van der Waals surface area contributed by atoms with Gasteiger partial charge in [0.15, 0.2) is 0 Å². The lowest BCUT2D eigenvalue weighted by atomic mass is 9.48. The second-order valence-corrected chi connectivity index (χ2v) is 7.95. The van der Waals surface area contributed by atoms with E-state index in [2.05, 4.69) is 4.90 Å². The fourth-order valence-electron chi connectivity index (χ4n) is 6.52. The topological polar surface area (TPSA) is 47.7 Å². The molecule has 1 aliphatic heterocycles. The highest BCUT2D eigenvalue weighted by atomic mass is 16.5. The fraction of sp³-hybridized carbons (Fsp3) is 1.00. The van der Waals surface area contributed by atoms with Gasteiger partial charge >= 0.3 is 0 Å². The molecule has 0 radical (unpaired) electrons. The summed E-state index contributed by atoms with van der Waals surface area (Å²) >= 11 is 0. The van der Waals surface area contributed by atoms with Crippen LogP contribution in [0.3, 0.4) is 0 Å². The summed E-state index contributed by atoms with van der Waals surface area (Å²) in [6, 6.07) is 0. The predicted octanol–water partition coefficient (Wildman–Crippen LogP) is 1.49. The van der Waals surface area contributed by atoms with Gasteiger partial charge in [0.05, 0.1) is 12.2 Å². The minimum absolute atomic E-state index is 0.204. The van der Waals surface area contributed by atoms with Crippen LogP contribution in [0.2, 0.25) is 0 Å².